The molecule has 2 rings (SSSR count). The predicted octanol–water partition coefficient (Wildman–Crippen LogP) is 3.27. The average Bonchev–Trinajstić information content (AvgIpc) is 2.81. The molecule has 0 aromatic carbocycles. The Bertz CT molecular complexity index is 643. The molecule has 0 radical (unpaired) electrons. The molecule has 0 fully saturated rings. The highest BCUT2D eigenvalue weighted by Crippen LogP contribution is 2.26. The topological polar surface area (TPSA) is 43.1 Å². The van der Waals surface area contributed by atoms with Crippen molar-refractivity contribution in [3.05, 3.63) is 59.2 Å². The van der Waals surface area contributed by atoms with E-state index in [0.717, 1.165) is 5.57 Å². The maximum atomic E-state index is 6.24. The maximum Gasteiger partial charge on any atom is 0.254 e. The summed E-state index contributed by atoms with van der Waals surface area (Å²) < 4.78 is 1.44. The lowest BCUT2D eigenvalue weighted by molar-refractivity contribution is 0.917. The minimum absolute atomic E-state index is 0.317. The summed E-state index contributed by atoms with van der Waals surface area (Å²) in [6.07, 6.45) is 7.13. The van der Waals surface area contributed by atoms with Crippen LogP contribution < -0.4 is 0 Å². The standard InChI is InChI=1S/C12H10Cl2N4/c1-3-5-8(4-2)6-9-10(13)17-12-15-7-16-18(12)11(9)14/h3-5,7H,1-2,6H2. The summed E-state index contributed by atoms with van der Waals surface area (Å²) in [6.45, 7) is 7.37. The van der Waals surface area contributed by atoms with Crippen LogP contribution in [-0.4, -0.2) is 19.6 Å². The molecule has 0 saturated carbocycles. The number of hydrogen-bond acceptors (Lipinski definition) is 3. The molecule has 2 aromatic rings. The van der Waals surface area contributed by atoms with E-state index in [2.05, 4.69) is 28.2 Å². The lowest BCUT2D eigenvalue weighted by Gasteiger charge is -2.07. The van der Waals surface area contributed by atoms with Crippen molar-refractivity contribution in [3.63, 3.8) is 0 Å². The van der Waals surface area contributed by atoms with Gasteiger partial charge >= 0.3 is 0 Å². The Balaban J connectivity index is 2.53. The Hall–Kier alpha value is -1.65. The van der Waals surface area contributed by atoms with E-state index < -0.39 is 0 Å². The normalized spacial score (nSPS) is 11.8. The first kappa shape index (κ1) is 12.8. The van der Waals surface area contributed by atoms with Crippen molar-refractivity contribution in [2.75, 3.05) is 0 Å². The number of fused-ring (bicyclic) bond motifs is 1. The summed E-state index contributed by atoms with van der Waals surface area (Å²) in [7, 11) is 0. The minimum atomic E-state index is 0.317. The van der Waals surface area contributed by atoms with Gasteiger partial charge in [-0.3, -0.25) is 0 Å². The largest absolute Gasteiger partial charge is 0.254 e. The number of aromatic nitrogens is 4. The molecule has 18 heavy (non-hydrogen) atoms. The van der Waals surface area contributed by atoms with Crippen LogP contribution in [0.15, 0.2) is 43.3 Å². The van der Waals surface area contributed by atoms with Crippen LogP contribution in [0.5, 0.6) is 0 Å². The van der Waals surface area contributed by atoms with E-state index in [0.29, 0.717) is 28.1 Å². The molecule has 0 aliphatic heterocycles. The van der Waals surface area contributed by atoms with Crippen molar-refractivity contribution in [1.29, 1.82) is 0 Å². The minimum Gasteiger partial charge on any atom is -0.199 e. The zero-order valence-corrected chi connectivity index (χ0v) is 11.0. The Morgan fingerprint density at radius 2 is 2.17 bits per heavy atom. The summed E-state index contributed by atoms with van der Waals surface area (Å²) >= 11 is 12.3. The monoisotopic (exact) mass is 280 g/mol. The van der Waals surface area contributed by atoms with Crippen LogP contribution in [0.4, 0.5) is 0 Å². The molecule has 6 heteroatoms. The molecule has 2 aromatic heterocycles. The molecule has 0 aliphatic rings. The highest BCUT2D eigenvalue weighted by Gasteiger charge is 2.14. The highest BCUT2D eigenvalue weighted by atomic mass is 35.5. The Morgan fingerprint density at radius 1 is 1.39 bits per heavy atom. The van der Waals surface area contributed by atoms with Crippen molar-refractivity contribution in [2.45, 2.75) is 6.42 Å². The molecule has 0 unspecified atom stereocenters. The van der Waals surface area contributed by atoms with E-state index in [1.165, 1.54) is 10.8 Å². The first-order valence-corrected chi connectivity index (χ1v) is 5.90. The van der Waals surface area contributed by atoms with Gasteiger partial charge in [0.1, 0.15) is 16.6 Å². The molecule has 0 N–H and O–H groups in total. The van der Waals surface area contributed by atoms with Crippen molar-refractivity contribution in [3.8, 4) is 0 Å². The van der Waals surface area contributed by atoms with Crippen LogP contribution in [0.1, 0.15) is 5.56 Å². The quantitative estimate of drug-likeness (QED) is 0.638. The number of hydrogen-bond donors (Lipinski definition) is 0. The van der Waals surface area contributed by atoms with E-state index in [1.807, 2.05) is 6.08 Å². The Kier molecular flexibility index (Phi) is 3.79. The van der Waals surface area contributed by atoms with Gasteiger partial charge in [0.05, 0.1) is 0 Å². The van der Waals surface area contributed by atoms with Gasteiger partial charge in [-0.1, -0.05) is 54.6 Å². The van der Waals surface area contributed by atoms with Gasteiger partial charge < -0.3 is 0 Å². The predicted molar refractivity (Wildman–Crippen MR) is 73.0 cm³/mol. The first-order chi connectivity index (χ1) is 8.67. The fourth-order valence-electron chi connectivity index (χ4n) is 1.52. The van der Waals surface area contributed by atoms with Crippen LogP contribution in [0.25, 0.3) is 5.78 Å². The van der Waals surface area contributed by atoms with Crippen molar-refractivity contribution in [2.24, 2.45) is 0 Å². The van der Waals surface area contributed by atoms with Crippen LogP contribution in [0, 0.1) is 0 Å². The number of rotatable bonds is 4. The number of nitrogens with zero attached hydrogens (tertiary/aromatic N) is 4. The van der Waals surface area contributed by atoms with Gasteiger partial charge in [-0.2, -0.15) is 19.6 Å². The van der Waals surface area contributed by atoms with E-state index in [4.69, 9.17) is 23.2 Å². The second-order valence-electron chi connectivity index (χ2n) is 3.50. The molecular weight excluding hydrogens is 271 g/mol. The van der Waals surface area contributed by atoms with Gasteiger partial charge in [0.2, 0.25) is 0 Å². The van der Waals surface area contributed by atoms with Gasteiger partial charge in [-0.25, -0.2) is 0 Å². The van der Waals surface area contributed by atoms with Crippen molar-refractivity contribution in [1.82, 2.24) is 19.6 Å². The highest BCUT2D eigenvalue weighted by molar-refractivity contribution is 6.34. The maximum absolute atomic E-state index is 6.24. The zero-order chi connectivity index (χ0) is 13.1. The summed E-state index contributed by atoms with van der Waals surface area (Å²) in [6, 6.07) is 0. The van der Waals surface area contributed by atoms with Gasteiger partial charge in [0.25, 0.3) is 5.78 Å². The molecule has 0 aliphatic carbocycles. The second kappa shape index (κ2) is 5.33. The SMILES string of the molecule is C=CC=C(C=C)Cc1c(Cl)nc2ncnn2c1Cl. The van der Waals surface area contributed by atoms with Gasteiger partial charge in [-0.15, -0.1) is 0 Å². The van der Waals surface area contributed by atoms with E-state index in [-0.39, 0.29) is 0 Å². The van der Waals surface area contributed by atoms with Crippen LogP contribution in [0.3, 0.4) is 0 Å². The van der Waals surface area contributed by atoms with E-state index >= 15 is 0 Å². The lowest BCUT2D eigenvalue weighted by Crippen LogP contribution is -2.01. The van der Waals surface area contributed by atoms with Crippen LogP contribution in [0.2, 0.25) is 10.3 Å². The molecule has 0 saturated heterocycles. The second-order valence-corrected chi connectivity index (χ2v) is 4.22. The summed E-state index contributed by atoms with van der Waals surface area (Å²) in [5.41, 5.74) is 1.62. The van der Waals surface area contributed by atoms with Crippen molar-refractivity contribution < 1.29 is 0 Å². The third-order valence-electron chi connectivity index (χ3n) is 2.39. The molecule has 0 spiro atoms. The van der Waals surface area contributed by atoms with Gasteiger partial charge in [0, 0.05) is 12.0 Å². The van der Waals surface area contributed by atoms with Crippen LogP contribution in [-0.2, 0) is 6.42 Å². The molecule has 2 heterocycles. The van der Waals surface area contributed by atoms with Crippen LogP contribution >= 0.6 is 23.2 Å². The molecule has 92 valence electrons. The lowest BCUT2D eigenvalue weighted by atomic mass is 10.1. The molecule has 0 bridgehead atoms. The Labute approximate surface area is 114 Å². The summed E-state index contributed by atoms with van der Waals surface area (Å²) in [4.78, 5) is 8.06. The first-order valence-electron chi connectivity index (χ1n) is 5.15. The number of halogens is 2. The molecular formula is C12H10Cl2N4. The zero-order valence-electron chi connectivity index (χ0n) is 9.48. The molecule has 0 atom stereocenters. The number of allylic oxidation sites excluding steroid dienone is 4. The fraction of sp³-hybridized carbons (Fsp3) is 0.0833. The average molecular weight is 281 g/mol. The summed E-state index contributed by atoms with van der Waals surface area (Å²) in [5, 5.41) is 4.71. The van der Waals surface area contributed by atoms with Crippen molar-refractivity contribution >= 4 is 29.0 Å². The molecule has 4 nitrogen and oxygen atoms in total. The smallest absolute Gasteiger partial charge is 0.199 e. The van der Waals surface area contributed by atoms with E-state index in [1.54, 1.807) is 12.2 Å². The molecule has 0 amide bonds. The third kappa shape index (κ3) is 2.30. The fourth-order valence-corrected chi connectivity index (χ4v) is 2.07. The summed E-state index contributed by atoms with van der Waals surface area (Å²) in [5.74, 6) is 0.376. The third-order valence-corrected chi connectivity index (χ3v) is 3.09. The van der Waals surface area contributed by atoms with E-state index in [9.17, 15) is 0 Å². The van der Waals surface area contributed by atoms with Gasteiger partial charge in [0.15, 0.2) is 0 Å². The Morgan fingerprint density at radius 3 is 2.83 bits per heavy atom. The van der Waals surface area contributed by atoms with Gasteiger partial charge in [-0.05, 0) is 5.57 Å².